The van der Waals surface area contributed by atoms with E-state index in [0.29, 0.717) is 31.9 Å². The Morgan fingerprint density at radius 2 is 1.79 bits per heavy atom. The number of anilines is 1. The van der Waals surface area contributed by atoms with E-state index < -0.39 is 14.9 Å². The lowest BCUT2D eigenvalue weighted by molar-refractivity contribution is -0.384. The van der Waals surface area contributed by atoms with Gasteiger partial charge in [-0.25, -0.2) is 8.42 Å². The van der Waals surface area contributed by atoms with Gasteiger partial charge in [-0.3, -0.25) is 10.1 Å². The van der Waals surface area contributed by atoms with Gasteiger partial charge in [0.2, 0.25) is 10.0 Å². The smallest absolute Gasteiger partial charge is 0.293 e. The topological polar surface area (TPSA) is 93.0 Å². The van der Waals surface area contributed by atoms with E-state index >= 15 is 0 Å². The Morgan fingerprint density at radius 3 is 2.45 bits per heavy atom. The Labute approximate surface area is 170 Å². The lowest BCUT2D eigenvalue weighted by atomic mass is 10.2. The minimum atomic E-state index is -3.73. The summed E-state index contributed by atoms with van der Waals surface area (Å²) < 4.78 is 32.7. The van der Waals surface area contributed by atoms with E-state index in [1.54, 1.807) is 11.9 Å². The van der Waals surface area contributed by atoms with E-state index in [9.17, 15) is 18.5 Å². The summed E-state index contributed by atoms with van der Waals surface area (Å²) in [7, 11) is -2.01. The quantitative estimate of drug-likeness (QED) is 0.482. The predicted molar refractivity (Wildman–Crippen MR) is 111 cm³/mol. The summed E-state index contributed by atoms with van der Waals surface area (Å²) in [6, 6.07) is 13.4. The molecular formula is C20H25N3O5S. The average molecular weight is 420 g/mol. The van der Waals surface area contributed by atoms with Crippen molar-refractivity contribution >= 4 is 21.4 Å². The number of para-hydroxylation sites is 1. The zero-order valence-corrected chi connectivity index (χ0v) is 17.2. The van der Waals surface area contributed by atoms with Crippen molar-refractivity contribution in [1.29, 1.82) is 0 Å². The van der Waals surface area contributed by atoms with Crippen LogP contribution in [0.3, 0.4) is 0 Å². The van der Waals surface area contributed by atoms with Gasteiger partial charge in [-0.2, -0.15) is 4.31 Å². The molecule has 1 aliphatic heterocycles. The molecule has 1 saturated heterocycles. The Hall–Kier alpha value is -2.65. The van der Waals surface area contributed by atoms with E-state index in [2.05, 4.69) is 0 Å². The van der Waals surface area contributed by atoms with Gasteiger partial charge >= 0.3 is 0 Å². The fourth-order valence-corrected chi connectivity index (χ4v) is 4.86. The van der Waals surface area contributed by atoms with Crippen LogP contribution in [-0.2, 0) is 10.0 Å². The van der Waals surface area contributed by atoms with Crippen LogP contribution in [-0.4, -0.2) is 50.9 Å². The number of benzene rings is 2. The van der Waals surface area contributed by atoms with Crippen molar-refractivity contribution in [2.75, 3.05) is 38.2 Å². The van der Waals surface area contributed by atoms with Crippen LogP contribution in [0.25, 0.3) is 0 Å². The highest BCUT2D eigenvalue weighted by Gasteiger charge is 2.29. The van der Waals surface area contributed by atoms with Crippen molar-refractivity contribution < 1.29 is 18.1 Å². The number of ether oxygens (including phenoxy) is 1. The molecule has 0 unspecified atom stereocenters. The second-order valence-corrected chi connectivity index (χ2v) is 8.89. The zero-order chi connectivity index (χ0) is 20.9. The van der Waals surface area contributed by atoms with Crippen molar-refractivity contribution in [3.05, 3.63) is 58.6 Å². The molecule has 0 radical (unpaired) electrons. The predicted octanol–water partition coefficient (Wildman–Crippen LogP) is 3.28. The van der Waals surface area contributed by atoms with Gasteiger partial charge in [-0.1, -0.05) is 24.6 Å². The van der Waals surface area contributed by atoms with E-state index in [4.69, 9.17) is 4.74 Å². The maximum atomic E-state index is 12.8. The molecule has 0 spiro atoms. The molecule has 2 aromatic rings. The molecule has 0 N–H and O–H groups in total. The molecule has 0 aromatic heterocycles. The van der Waals surface area contributed by atoms with Crippen molar-refractivity contribution in [1.82, 2.24) is 4.31 Å². The highest BCUT2D eigenvalue weighted by atomic mass is 32.2. The van der Waals surface area contributed by atoms with Gasteiger partial charge in [0.1, 0.15) is 18.0 Å². The van der Waals surface area contributed by atoms with Crippen molar-refractivity contribution in [2.45, 2.75) is 24.2 Å². The van der Waals surface area contributed by atoms with E-state index in [0.717, 1.165) is 31.1 Å². The van der Waals surface area contributed by atoms with Crippen LogP contribution >= 0.6 is 0 Å². The molecule has 0 aliphatic carbocycles. The Balaban J connectivity index is 1.76. The number of nitrogens with zero attached hydrogens (tertiary/aromatic N) is 3. The van der Waals surface area contributed by atoms with Crippen LogP contribution in [0.1, 0.15) is 19.3 Å². The normalized spacial score (nSPS) is 15.1. The lowest BCUT2D eigenvalue weighted by Gasteiger charge is -2.26. The number of rotatable bonds is 8. The van der Waals surface area contributed by atoms with Crippen LogP contribution in [0.5, 0.6) is 5.75 Å². The van der Waals surface area contributed by atoms with Crippen LogP contribution in [0.2, 0.25) is 0 Å². The van der Waals surface area contributed by atoms with Gasteiger partial charge < -0.3 is 9.64 Å². The molecule has 2 aromatic carbocycles. The summed E-state index contributed by atoms with van der Waals surface area (Å²) in [6.07, 6.45) is 2.62. The summed E-state index contributed by atoms with van der Waals surface area (Å²) >= 11 is 0. The fraction of sp³-hybridized carbons (Fsp3) is 0.400. The van der Waals surface area contributed by atoms with Gasteiger partial charge in [-0.15, -0.1) is 0 Å². The van der Waals surface area contributed by atoms with Gasteiger partial charge in [0, 0.05) is 26.2 Å². The molecule has 1 heterocycles. The van der Waals surface area contributed by atoms with Gasteiger partial charge in [0.15, 0.2) is 0 Å². The van der Waals surface area contributed by atoms with Crippen molar-refractivity contribution in [2.24, 2.45) is 0 Å². The van der Waals surface area contributed by atoms with Gasteiger partial charge in [0.05, 0.1) is 16.4 Å². The molecule has 29 heavy (non-hydrogen) atoms. The van der Waals surface area contributed by atoms with Crippen molar-refractivity contribution in [3.63, 3.8) is 0 Å². The number of hydrogen-bond donors (Lipinski definition) is 0. The molecule has 0 saturated carbocycles. The third-order valence-corrected chi connectivity index (χ3v) is 6.84. The molecule has 1 aliphatic rings. The standard InChI is InChI=1S/C20H25N3O5S/c1-21(14-15-28-17-8-4-2-5-9-17)19-11-10-18(16-20(19)23(24)25)29(26,27)22-12-6-3-7-13-22/h2,4-5,8-11,16H,3,6-7,12-15H2,1H3. The summed E-state index contributed by atoms with van der Waals surface area (Å²) in [5.41, 5.74) is 0.120. The molecule has 9 heteroatoms. The molecule has 0 amide bonds. The zero-order valence-electron chi connectivity index (χ0n) is 16.4. The second kappa shape index (κ2) is 9.23. The van der Waals surface area contributed by atoms with E-state index in [1.807, 2.05) is 30.3 Å². The molecule has 3 rings (SSSR count). The average Bonchev–Trinajstić information content (AvgIpc) is 2.74. The number of nitro groups is 1. The number of hydrogen-bond acceptors (Lipinski definition) is 6. The third-order valence-electron chi connectivity index (χ3n) is 4.95. The monoisotopic (exact) mass is 419 g/mol. The highest BCUT2D eigenvalue weighted by molar-refractivity contribution is 7.89. The van der Waals surface area contributed by atoms with Crippen LogP contribution in [0, 0.1) is 10.1 Å². The van der Waals surface area contributed by atoms with Crippen LogP contribution < -0.4 is 9.64 Å². The second-order valence-electron chi connectivity index (χ2n) is 6.96. The summed E-state index contributed by atoms with van der Waals surface area (Å²) in [4.78, 5) is 12.7. The largest absolute Gasteiger partial charge is 0.492 e. The first kappa shape index (κ1) is 21.1. The van der Waals surface area contributed by atoms with Crippen molar-refractivity contribution in [3.8, 4) is 5.75 Å². The summed E-state index contributed by atoms with van der Waals surface area (Å²) in [5.74, 6) is 0.721. The molecule has 1 fully saturated rings. The summed E-state index contributed by atoms with van der Waals surface area (Å²) in [6.45, 7) is 1.66. The number of nitro benzene ring substituents is 1. The highest BCUT2D eigenvalue weighted by Crippen LogP contribution is 2.32. The number of piperidine rings is 1. The lowest BCUT2D eigenvalue weighted by Crippen LogP contribution is -2.35. The first-order valence-corrected chi connectivity index (χ1v) is 11.0. The SMILES string of the molecule is CN(CCOc1ccccc1)c1ccc(S(=O)(=O)N2CCCCC2)cc1[N+](=O)[O-]. The minimum absolute atomic E-state index is 0.0382. The van der Waals surface area contributed by atoms with Crippen LogP contribution in [0.15, 0.2) is 53.4 Å². The van der Waals surface area contributed by atoms with E-state index in [1.165, 1.54) is 16.4 Å². The van der Waals surface area contributed by atoms with E-state index in [-0.39, 0.29) is 10.6 Å². The first-order valence-electron chi connectivity index (χ1n) is 9.57. The maximum absolute atomic E-state index is 12.8. The molecule has 0 bridgehead atoms. The minimum Gasteiger partial charge on any atom is -0.492 e. The Kier molecular flexibility index (Phi) is 6.71. The fourth-order valence-electron chi connectivity index (χ4n) is 3.32. The molecule has 156 valence electrons. The number of likely N-dealkylation sites (N-methyl/N-ethyl adjacent to an activating group) is 1. The summed E-state index contributed by atoms with van der Waals surface area (Å²) in [5, 5.41) is 11.6. The maximum Gasteiger partial charge on any atom is 0.293 e. The van der Waals surface area contributed by atoms with Gasteiger partial charge in [0.25, 0.3) is 5.69 Å². The Bertz CT molecular complexity index is 944. The molecule has 8 nitrogen and oxygen atoms in total. The van der Waals surface area contributed by atoms with Crippen LogP contribution in [0.4, 0.5) is 11.4 Å². The third kappa shape index (κ3) is 5.04. The van der Waals surface area contributed by atoms with Gasteiger partial charge in [-0.05, 0) is 37.1 Å². The molecule has 0 atom stereocenters. The molecular weight excluding hydrogens is 394 g/mol. The number of sulfonamides is 1. The first-order chi connectivity index (χ1) is 13.9. The Morgan fingerprint density at radius 1 is 1.10 bits per heavy atom.